The molecule has 2 aromatic rings. The Hall–Kier alpha value is -2.63. The van der Waals surface area contributed by atoms with Crippen molar-refractivity contribution in [2.24, 2.45) is 0 Å². The van der Waals surface area contributed by atoms with Crippen molar-refractivity contribution in [1.82, 2.24) is 13.8 Å². The van der Waals surface area contributed by atoms with Crippen LogP contribution < -0.4 is 0 Å². The van der Waals surface area contributed by atoms with Crippen LogP contribution >= 0.6 is 0 Å². The minimum absolute atomic E-state index is 0.128. The largest absolute Gasteiger partial charge is 0.346 e. The molecular formula is C19H22N4O3S. The number of hydrogen-bond donors (Lipinski definition) is 0. The van der Waals surface area contributed by atoms with Crippen molar-refractivity contribution < 1.29 is 13.2 Å². The lowest BCUT2D eigenvalue weighted by molar-refractivity contribution is -0.127. The number of nitrogens with zero attached hydrogens (tertiary/aromatic N) is 4. The summed E-state index contributed by atoms with van der Waals surface area (Å²) in [4.78, 5) is 14.1. The van der Waals surface area contributed by atoms with Gasteiger partial charge in [0.15, 0.2) is 0 Å². The molecule has 0 radical (unpaired) electrons. The summed E-state index contributed by atoms with van der Waals surface area (Å²) in [5, 5.41) is 9.86. The molecular weight excluding hydrogens is 364 g/mol. The zero-order valence-electron chi connectivity index (χ0n) is 15.2. The average Bonchev–Trinajstić information content (AvgIpc) is 3.02. The van der Waals surface area contributed by atoms with E-state index in [-0.39, 0.29) is 5.91 Å². The number of carbonyl (C=O) groups excluding carboxylic acids is 1. The van der Waals surface area contributed by atoms with Gasteiger partial charge in [-0.3, -0.25) is 4.79 Å². The third kappa shape index (κ3) is 4.38. The first kappa shape index (κ1) is 19.1. The van der Waals surface area contributed by atoms with E-state index in [1.54, 1.807) is 11.0 Å². The molecule has 0 saturated carbocycles. The number of para-hydroxylation sites is 1. The minimum Gasteiger partial charge on any atom is -0.346 e. The normalized spacial score (nSPS) is 16.1. The van der Waals surface area contributed by atoms with Crippen molar-refractivity contribution in [3.8, 4) is 6.07 Å². The molecule has 0 bridgehead atoms. The van der Waals surface area contributed by atoms with Crippen molar-refractivity contribution >= 4 is 32.9 Å². The van der Waals surface area contributed by atoms with E-state index in [9.17, 15) is 13.2 Å². The van der Waals surface area contributed by atoms with Crippen LogP contribution in [0, 0.1) is 11.3 Å². The molecule has 1 aliphatic rings. The van der Waals surface area contributed by atoms with Gasteiger partial charge >= 0.3 is 0 Å². The van der Waals surface area contributed by atoms with Crippen molar-refractivity contribution in [3.05, 3.63) is 42.1 Å². The number of nitriles is 1. The predicted molar refractivity (Wildman–Crippen MR) is 104 cm³/mol. The van der Waals surface area contributed by atoms with Crippen molar-refractivity contribution in [1.29, 1.82) is 5.26 Å². The predicted octanol–water partition coefficient (Wildman–Crippen LogP) is 1.67. The lowest BCUT2D eigenvalue weighted by Crippen LogP contribution is -2.49. The van der Waals surface area contributed by atoms with Crippen LogP contribution in [0.1, 0.15) is 12.0 Å². The van der Waals surface area contributed by atoms with Crippen LogP contribution in [-0.4, -0.2) is 60.5 Å². The highest BCUT2D eigenvalue weighted by Gasteiger charge is 2.25. The van der Waals surface area contributed by atoms with Crippen LogP contribution in [0.15, 0.2) is 36.5 Å². The van der Waals surface area contributed by atoms with E-state index in [0.29, 0.717) is 39.1 Å². The first-order valence-electron chi connectivity index (χ1n) is 8.77. The Morgan fingerprint density at radius 3 is 2.59 bits per heavy atom. The van der Waals surface area contributed by atoms with Gasteiger partial charge in [0.05, 0.1) is 18.7 Å². The Morgan fingerprint density at radius 1 is 1.22 bits per heavy atom. The van der Waals surface area contributed by atoms with Gasteiger partial charge in [0.1, 0.15) is 0 Å². The quantitative estimate of drug-likeness (QED) is 0.732. The van der Waals surface area contributed by atoms with Gasteiger partial charge in [0.2, 0.25) is 15.9 Å². The number of aryl methyl sites for hydroxylation is 1. The lowest BCUT2D eigenvalue weighted by atomic mass is 10.1. The second kappa shape index (κ2) is 7.94. The van der Waals surface area contributed by atoms with E-state index in [1.807, 2.05) is 35.0 Å². The monoisotopic (exact) mass is 386 g/mol. The molecule has 8 heteroatoms. The van der Waals surface area contributed by atoms with E-state index in [2.05, 4.69) is 6.07 Å². The molecule has 1 aliphatic heterocycles. The Labute approximate surface area is 159 Å². The third-order valence-electron chi connectivity index (χ3n) is 4.71. The fraction of sp³-hybridized carbons (Fsp3) is 0.368. The fourth-order valence-corrected chi connectivity index (χ4v) is 4.10. The maximum Gasteiger partial charge on any atom is 0.246 e. The summed E-state index contributed by atoms with van der Waals surface area (Å²) in [5.41, 5.74) is 1.95. The summed E-state index contributed by atoms with van der Waals surface area (Å²) in [6.07, 6.45) is 6.88. The molecule has 1 aromatic heterocycles. The number of benzene rings is 1. The molecule has 0 aliphatic carbocycles. The number of amides is 1. The van der Waals surface area contributed by atoms with Gasteiger partial charge in [-0.2, -0.15) is 9.57 Å². The third-order valence-corrected chi connectivity index (χ3v) is 6.01. The second-order valence-electron chi connectivity index (χ2n) is 6.52. The molecule has 1 aromatic carbocycles. The van der Waals surface area contributed by atoms with E-state index in [1.165, 1.54) is 16.6 Å². The van der Waals surface area contributed by atoms with Gasteiger partial charge in [-0.1, -0.05) is 18.2 Å². The van der Waals surface area contributed by atoms with Crippen LogP contribution in [-0.2, 0) is 21.4 Å². The van der Waals surface area contributed by atoms with E-state index < -0.39 is 10.0 Å². The van der Waals surface area contributed by atoms with Gasteiger partial charge in [0.25, 0.3) is 0 Å². The lowest BCUT2D eigenvalue weighted by Gasteiger charge is -2.32. The van der Waals surface area contributed by atoms with Gasteiger partial charge in [0, 0.05) is 61.5 Å². The number of aromatic nitrogens is 1. The molecule has 1 fully saturated rings. The zero-order chi connectivity index (χ0) is 19.4. The number of rotatable bonds is 5. The molecule has 7 nitrogen and oxygen atoms in total. The SMILES string of the molecule is CS(=O)(=O)N1CCN(C(=O)C=Cc2cn(CCC#N)c3ccccc23)CC1. The van der Waals surface area contributed by atoms with Gasteiger partial charge in [-0.25, -0.2) is 8.42 Å². The summed E-state index contributed by atoms with van der Waals surface area (Å²) < 4.78 is 26.5. The van der Waals surface area contributed by atoms with E-state index in [0.717, 1.165) is 16.5 Å². The van der Waals surface area contributed by atoms with Gasteiger partial charge < -0.3 is 9.47 Å². The molecule has 27 heavy (non-hydrogen) atoms. The van der Waals surface area contributed by atoms with Crippen molar-refractivity contribution in [3.63, 3.8) is 0 Å². The number of hydrogen-bond acceptors (Lipinski definition) is 4. The highest BCUT2D eigenvalue weighted by Crippen LogP contribution is 2.23. The van der Waals surface area contributed by atoms with Gasteiger partial charge in [-0.15, -0.1) is 0 Å². The molecule has 0 spiro atoms. The molecule has 3 rings (SSSR count). The smallest absolute Gasteiger partial charge is 0.246 e. The van der Waals surface area contributed by atoms with Crippen LogP contribution in [0.25, 0.3) is 17.0 Å². The number of sulfonamides is 1. The first-order chi connectivity index (χ1) is 12.9. The topological polar surface area (TPSA) is 86.4 Å². The second-order valence-corrected chi connectivity index (χ2v) is 8.51. The molecule has 1 saturated heterocycles. The van der Waals surface area contributed by atoms with Crippen molar-refractivity contribution in [2.75, 3.05) is 32.4 Å². The molecule has 0 unspecified atom stereocenters. The van der Waals surface area contributed by atoms with Gasteiger partial charge in [-0.05, 0) is 12.1 Å². The highest BCUT2D eigenvalue weighted by molar-refractivity contribution is 7.88. The van der Waals surface area contributed by atoms with Crippen LogP contribution in [0.4, 0.5) is 0 Å². The Kier molecular flexibility index (Phi) is 5.63. The number of fused-ring (bicyclic) bond motifs is 1. The van der Waals surface area contributed by atoms with Crippen LogP contribution in [0.5, 0.6) is 0 Å². The van der Waals surface area contributed by atoms with Crippen molar-refractivity contribution in [2.45, 2.75) is 13.0 Å². The van der Waals surface area contributed by atoms with E-state index >= 15 is 0 Å². The number of carbonyl (C=O) groups is 1. The number of piperazine rings is 1. The average molecular weight is 386 g/mol. The minimum atomic E-state index is -3.21. The molecule has 0 atom stereocenters. The fourth-order valence-electron chi connectivity index (χ4n) is 3.27. The summed E-state index contributed by atoms with van der Waals surface area (Å²) in [5.74, 6) is -0.128. The Bertz CT molecular complexity index is 1010. The first-order valence-corrected chi connectivity index (χ1v) is 10.6. The Morgan fingerprint density at radius 2 is 1.93 bits per heavy atom. The maximum atomic E-state index is 12.5. The van der Waals surface area contributed by atoms with Crippen LogP contribution in [0.2, 0.25) is 0 Å². The maximum absolute atomic E-state index is 12.5. The molecule has 0 N–H and O–H groups in total. The molecule has 1 amide bonds. The summed E-state index contributed by atoms with van der Waals surface area (Å²) in [6.45, 7) is 2.03. The standard InChI is InChI=1S/C19H22N4O3S/c1-27(25,26)23-13-11-21(12-14-23)19(24)8-7-16-15-22(10-4-9-20)18-6-3-2-5-17(16)18/h2-3,5-8,15H,4,10-14H2,1H3. The van der Waals surface area contributed by atoms with E-state index in [4.69, 9.17) is 5.26 Å². The van der Waals surface area contributed by atoms with Crippen LogP contribution in [0.3, 0.4) is 0 Å². The molecule has 142 valence electrons. The summed E-state index contributed by atoms with van der Waals surface area (Å²) in [6, 6.07) is 10.0. The zero-order valence-corrected chi connectivity index (χ0v) is 16.0. The summed E-state index contributed by atoms with van der Waals surface area (Å²) >= 11 is 0. The summed E-state index contributed by atoms with van der Waals surface area (Å²) in [7, 11) is -3.21. The molecule has 2 heterocycles. The highest BCUT2D eigenvalue weighted by atomic mass is 32.2. The Balaban J connectivity index is 1.73.